The number of likely N-dealkylation sites (tertiary alicyclic amines) is 1. The molecule has 1 fully saturated rings. The SMILES string of the molecule is COc1cc(CC(=O)N2CCCCC2CO)ccc1C. The minimum absolute atomic E-state index is 0.0106. The Morgan fingerprint density at radius 2 is 2.25 bits per heavy atom. The number of hydrogen-bond acceptors (Lipinski definition) is 3. The van der Waals surface area contributed by atoms with E-state index in [1.165, 1.54) is 0 Å². The lowest BCUT2D eigenvalue weighted by molar-refractivity contribution is -0.135. The van der Waals surface area contributed by atoms with E-state index in [-0.39, 0.29) is 18.6 Å². The highest BCUT2D eigenvalue weighted by Gasteiger charge is 2.25. The van der Waals surface area contributed by atoms with E-state index in [2.05, 4.69) is 0 Å². The molecule has 0 aliphatic carbocycles. The quantitative estimate of drug-likeness (QED) is 0.914. The van der Waals surface area contributed by atoms with Gasteiger partial charge in [-0.05, 0) is 43.4 Å². The van der Waals surface area contributed by atoms with Crippen molar-refractivity contribution < 1.29 is 14.6 Å². The number of carbonyl (C=O) groups is 1. The molecule has 0 radical (unpaired) electrons. The van der Waals surface area contributed by atoms with E-state index in [0.717, 1.165) is 42.7 Å². The Morgan fingerprint density at radius 3 is 2.95 bits per heavy atom. The summed E-state index contributed by atoms with van der Waals surface area (Å²) < 4.78 is 5.29. The van der Waals surface area contributed by atoms with Crippen LogP contribution in [0.2, 0.25) is 0 Å². The number of hydrogen-bond donors (Lipinski definition) is 1. The van der Waals surface area contributed by atoms with Crippen LogP contribution in [0.15, 0.2) is 18.2 Å². The van der Waals surface area contributed by atoms with Crippen molar-refractivity contribution in [3.8, 4) is 5.75 Å². The fourth-order valence-corrected chi connectivity index (χ4v) is 2.77. The average molecular weight is 277 g/mol. The number of nitrogens with zero attached hydrogens (tertiary/aromatic N) is 1. The van der Waals surface area contributed by atoms with Gasteiger partial charge >= 0.3 is 0 Å². The molecule has 20 heavy (non-hydrogen) atoms. The minimum atomic E-state index is -0.0106. The van der Waals surface area contributed by atoms with Crippen molar-refractivity contribution >= 4 is 5.91 Å². The maximum Gasteiger partial charge on any atom is 0.227 e. The van der Waals surface area contributed by atoms with E-state index in [0.29, 0.717) is 6.42 Å². The third kappa shape index (κ3) is 3.31. The van der Waals surface area contributed by atoms with Crippen molar-refractivity contribution in [3.63, 3.8) is 0 Å². The molecule has 1 amide bonds. The van der Waals surface area contributed by atoms with Crippen LogP contribution in [0.25, 0.3) is 0 Å². The van der Waals surface area contributed by atoms with E-state index in [1.54, 1.807) is 7.11 Å². The molecular formula is C16H23NO3. The van der Waals surface area contributed by atoms with Crippen LogP contribution in [-0.2, 0) is 11.2 Å². The lowest BCUT2D eigenvalue weighted by Crippen LogP contribution is -2.46. The van der Waals surface area contributed by atoms with Gasteiger partial charge in [0, 0.05) is 6.54 Å². The second-order valence-corrected chi connectivity index (χ2v) is 5.40. The van der Waals surface area contributed by atoms with E-state index in [9.17, 15) is 9.90 Å². The third-order valence-electron chi connectivity index (χ3n) is 3.99. The molecule has 0 saturated carbocycles. The second-order valence-electron chi connectivity index (χ2n) is 5.40. The average Bonchev–Trinajstić information content (AvgIpc) is 2.49. The van der Waals surface area contributed by atoms with Gasteiger partial charge in [-0.3, -0.25) is 4.79 Å². The number of aryl methyl sites for hydroxylation is 1. The lowest BCUT2D eigenvalue weighted by Gasteiger charge is -2.34. The molecule has 1 aliphatic heterocycles. The van der Waals surface area contributed by atoms with Crippen molar-refractivity contribution in [2.45, 2.75) is 38.6 Å². The number of rotatable bonds is 4. The van der Waals surface area contributed by atoms with Gasteiger partial charge in [-0.15, -0.1) is 0 Å². The molecule has 110 valence electrons. The maximum atomic E-state index is 12.4. The topological polar surface area (TPSA) is 49.8 Å². The first-order valence-corrected chi connectivity index (χ1v) is 7.19. The van der Waals surface area contributed by atoms with Crippen LogP contribution in [0, 0.1) is 6.92 Å². The highest BCUT2D eigenvalue weighted by atomic mass is 16.5. The molecule has 0 spiro atoms. The zero-order valence-electron chi connectivity index (χ0n) is 12.3. The summed E-state index contributed by atoms with van der Waals surface area (Å²) in [5.74, 6) is 0.905. The first-order valence-electron chi connectivity index (χ1n) is 7.19. The zero-order chi connectivity index (χ0) is 14.5. The fourth-order valence-electron chi connectivity index (χ4n) is 2.77. The smallest absolute Gasteiger partial charge is 0.227 e. The Kier molecular flexibility index (Phi) is 5.01. The van der Waals surface area contributed by atoms with Crippen LogP contribution in [0.4, 0.5) is 0 Å². The summed E-state index contributed by atoms with van der Waals surface area (Å²) >= 11 is 0. The van der Waals surface area contributed by atoms with Gasteiger partial charge in [-0.1, -0.05) is 12.1 Å². The Balaban J connectivity index is 2.06. The largest absolute Gasteiger partial charge is 0.496 e. The Labute approximate surface area is 120 Å². The van der Waals surface area contributed by atoms with Crippen molar-refractivity contribution in [2.75, 3.05) is 20.3 Å². The third-order valence-corrected chi connectivity index (χ3v) is 3.99. The second kappa shape index (κ2) is 6.75. The minimum Gasteiger partial charge on any atom is -0.496 e. The number of methoxy groups -OCH3 is 1. The van der Waals surface area contributed by atoms with E-state index >= 15 is 0 Å². The Bertz CT molecular complexity index is 473. The molecule has 1 aliphatic rings. The molecule has 1 heterocycles. The van der Waals surface area contributed by atoms with Crippen LogP contribution in [0.3, 0.4) is 0 Å². The van der Waals surface area contributed by atoms with Crippen LogP contribution in [-0.4, -0.2) is 42.2 Å². The van der Waals surface area contributed by atoms with Crippen molar-refractivity contribution in [1.82, 2.24) is 4.90 Å². The predicted molar refractivity (Wildman–Crippen MR) is 77.9 cm³/mol. The molecule has 1 atom stereocenters. The zero-order valence-corrected chi connectivity index (χ0v) is 12.3. The van der Waals surface area contributed by atoms with Gasteiger partial charge in [0.1, 0.15) is 5.75 Å². The Morgan fingerprint density at radius 1 is 1.45 bits per heavy atom. The number of amides is 1. The summed E-state index contributed by atoms with van der Waals surface area (Å²) in [6.45, 7) is 2.80. The molecule has 2 rings (SSSR count). The van der Waals surface area contributed by atoms with Crippen molar-refractivity contribution in [1.29, 1.82) is 0 Å². The van der Waals surface area contributed by atoms with Gasteiger partial charge in [0.05, 0.1) is 26.2 Å². The lowest BCUT2D eigenvalue weighted by atomic mass is 10.0. The number of piperidine rings is 1. The first kappa shape index (κ1) is 14.9. The summed E-state index contributed by atoms with van der Waals surface area (Å²) in [5.41, 5.74) is 2.02. The number of ether oxygens (including phenoxy) is 1. The summed E-state index contributed by atoms with van der Waals surface area (Å²) in [7, 11) is 1.64. The van der Waals surface area contributed by atoms with Gasteiger partial charge in [0.15, 0.2) is 0 Å². The molecule has 4 nitrogen and oxygen atoms in total. The van der Waals surface area contributed by atoms with Gasteiger partial charge in [0.25, 0.3) is 0 Å². The van der Waals surface area contributed by atoms with E-state index in [4.69, 9.17) is 4.74 Å². The molecule has 1 saturated heterocycles. The number of carbonyl (C=O) groups excluding carboxylic acids is 1. The van der Waals surface area contributed by atoms with Crippen LogP contribution >= 0.6 is 0 Å². The van der Waals surface area contributed by atoms with Gasteiger partial charge in [-0.2, -0.15) is 0 Å². The molecule has 0 bridgehead atoms. The highest BCUT2D eigenvalue weighted by molar-refractivity contribution is 5.79. The molecule has 1 N–H and O–H groups in total. The van der Waals surface area contributed by atoms with Crippen LogP contribution < -0.4 is 4.74 Å². The Hall–Kier alpha value is -1.55. The fraction of sp³-hybridized carbons (Fsp3) is 0.562. The number of benzene rings is 1. The first-order chi connectivity index (χ1) is 9.65. The summed E-state index contributed by atoms with van der Waals surface area (Å²) in [5, 5.41) is 9.38. The van der Waals surface area contributed by atoms with E-state index in [1.807, 2.05) is 30.0 Å². The number of aliphatic hydroxyl groups is 1. The molecule has 4 heteroatoms. The van der Waals surface area contributed by atoms with Gasteiger partial charge in [-0.25, -0.2) is 0 Å². The molecular weight excluding hydrogens is 254 g/mol. The molecule has 0 aromatic heterocycles. The van der Waals surface area contributed by atoms with Crippen LogP contribution in [0.5, 0.6) is 5.75 Å². The monoisotopic (exact) mass is 277 g/mol. The molecule has 1 unspecified atom stereocenters. The maximum absolute atomic E-state index is 12.4. The van der Waals surface area contributed by atoms with Gasteiger partial charge in [0.2, 0.25) is 5.91 Å². The highest BCUT2D eigenvalue weighted by Crippen LogP contribution is 2.21. The summed E-state index contributed by atoms with van der Waals surface area (Å²) in [6, 6.07) is 5.85. The van der Waals surface area contributed by atoms with Crippen LogP contribution in [0.1, 0.15) is 30.4 Å². The number of aliphatic hydroxyl groups excluding tert-OH is 1. The van der Waals surface area contributed by atoms with Crippen molar-refractivity contribution in [3.05, 3.63) is 29.3 Å². The summed E-state index contributed by atoms with van der Waals surface area (Å²) in [6.07, 6.45) is 3.39. The van der Waals surface area contributed by atoms with Gasteiger partial charge < -0.3 is 14.7 Å². The van der Waals surface area contributed by atoms with Crippen molar-refractivity contribution in [2.24, 2.45) is 0 Å². The summed E-state index contributed by atoms with van der Waals surface area (Å²) in [4.78, 5) is 14.2. The predicted octanol–water partition coefficient (Wildman–Crippen LogP) is 1.92. The molecule has 1 aromatic carbocycles. The van der Waals surface area contributed by atoms with E-state index < -0.39 is 0 Å². The standard InChI is InChI=1S/C16H23NO3/c1-12-6-7-13(9-15(12)20-2)10-16(19)17-8-4-3-5-14(17)11-18/h6-7,9,14,18H,3-5,8,10-11H2,1-2H3. The molecule has 1 aromatic rings. The normalized spacial score (nSPS) is 18.9.